The molecule has 1 heterocycles. The van der Waals surface area contributed by atoms with Crippen LogP contribution in [0.3, 0.4) is 0 Å². The molecule has 2 aromatic carbocycles. The quantitative estimate of drug-likeness (QED) is 0.326. The van der Waals surface area contributed by atoms with Crippen LogP contribution in [-0.4, -0.2) is 32.3 Å². The molecule has 0 bridgehead atoms. The predicted octanol–water partition coefficient (Wildman–Crippen LogP) is 4.99. The molecule has 0 radical (unpaired) electrons. The summed E-state index contributed by atoms with van der Waals surface area (Å²) in [5.41, 5.74) is 1.15. The molecular formula is C22H21Cl2N5O2S. The van der Waals surface area contributed by atoms with E-state index < -0.39 is 6.04 Å². The number of allylic oxidation sites excluding steroid dienone is 1. The van der Waals surface area contributed by atoms with Crippen LogP contribution in [-0.2, 0) is 11.3 Å². The van der Waals surface area contributed by atoms with Gasteiger partial charge in [-0.25, -0.2) is 0 Å². The minimum atomic E-state index is -0.414. The first-order valence-electron chi connectivity index (χ1n) is 9.66. The highest BCUT2D eigenvalue weighted by Crippen LogP contribution is 2.22. The van der Waals surface area contributed by atoms with Gasteiger partial charge < -0.3 is 15.2 Å². The number of thioether (sulfide) groups is 1. The van der Waals surface area contributed by atoms with Gasteiger partial charge in [-0.15, -0.1) is 16.8 Å². The highest BCUT2D eigenvalue weighted by Gasteiger charge is 2.20. The smallest absolute Gasteiger partial charge is 0.251 e. The molecule has 166 valence electrons. The minimum absolute atomic E-state index is 0.142. The summed E-state index contributed by atoms with van der Waals surface area (Å²) in [5, 5.41) is 15.9. The number of rotatable bonds is 9. The maximum Gasteiger partial charge on any atom is 0.251 e. The molecule has 1 atom stereocenters. The Hall–Kier alpha value is -2.81. The van der Waals surface area contributed by atoms with Crippen LogP contribution >= 0.6 is 35.0 Å². The van der Waals surface area contributed by atoms with Crippen molar-refractivity contribution in [2.75, 3.05) is 11.1 Å². The topological polar surface area (TPSA) is 88.9 Å². The number of benzene rings is 2. The molecule has 10 heteroatoms. The number of nitrogens with zero attached hydrogens (tertiary/aromatic N) is 3. The first-order valence-corrected chi connectivity index (χ1v) is 11.4. The lowest BCUT2D eigenvalue weighted by Gasteiger charge is -2.15. The lowest BCUT2D eigenvalue weighted by Crippen LogP contribution is -2.28. The summed E-state index contributed by atoms with van der Waals surface area (Å²) in [4.78, 5) is 24.8. The van der Waals surface area contributed by atoms with Gasteiger partial charge in [0, 0.05) is 27.8 Å². The van der Waals surface area contributed by atoms with Gasteiger partial charge in [0.15, 0.2) is 11.0 Å². The van der Waals surface area contributed by atoms with Crippen molar-refractivity contribution >= 4 is 52.5 Å². The van der Waals surface area contributed by atoms with Crippen LogP contribution in [0.4, 0.5) is 5.69 Å². The van der Waals surface area contributed by atoms with Crippen molar-refractivity contribution in [3.05, 3.63) is 82.6 Å². The summed E-state index contributed by atoms with van der Waals surface area (Å²) >= 11 is 13.0. The lowest BCUT2D eigenvalue weighted by molar-refractivity contribution is -0.113. The van der Waals surface area contributed by atoms with Crippen molar-refractivity contribution in [2.24, 2.45) is 0 Å². The Morgan fingerprint density at radius 2 is 1.72 bits per heavy atom. The predicted molar refractivity (Wildman–Crippen MR) is 128 cm³/mol. The Labute approximate surface area is 200 Å². The second kappa shape index (κ2) is 11.2. The molecular weight excluding hydrogens is 469 g/mol. The molecule has 1 aromatic heterocycles. The van der Waals surface area contributed by atoms with Gasteiger partial charge in [-0.2, -0.15) is 0 Å². The molecule has 0 saturated carbocycles. The van der Waals surface area contributed by atoms with Gasteiger partial charge >= 0.3 is 0 Å². The normalized spacial score (nSPS) is 11.6. The molecule has 32 heavy (non-hydrogen) atoms. The second-order valence-electron chi connectivity index (χ2n) is 6.79. The zero-order valence-electron chi connectivity index (χ0n) is 17.2. The fourth-order valence-electron chi connectivity index (χ4n) is 2.83. The lowest BCUT2D eigenvalue weighted by atomic mass is 10.2. The zero-order valence-corrected chi connectivity index (χ0v) is 19.5. The molecule has 0 saturated heterocycles. The Morgan fingerprint density at radius 1 is 1.09 bits per heavy atom. The molecule has 0 aliphatic rings. The van der Waals surface area contributed by atoms with E-state index in [2.05, 4.69) is 27.4 Å². The van der Waals surface area contributed by atoms with E-state index >= 15 is 0 Å². The molecule has 0 aliphatic heterocycles. The third-order valence-electron chi connectivity index (χ3n) is 4.36. The van der Waals surface area contributed by atoms with Crippen LogP contribution < -0.4 is 10.6 Å². The number of amides is 2. The third-order valence-corrected chi connectivity index (χ3v) is 5.83. The number of aromatic nitrogens is 3. The molecule has 0 aliphatic carbocycles. The van der Waals surface area contributed by atoms with E-state index in [9.17, 15) is 9.59 Å². The summed E-state index contributed by atoms with van der Waals surface area (Å²) in [6.07, 6.45) is 1.71. The van der Waals surface area contributed by atoms with Crippen LogP contribution in [0.2, 0.25) is 10.0 Å². The number of carbonyl (C=O) groups excluding carboxylic acids is 2. The second-order valence-corrected chi connectivity index (χ2v) is 8.60. The number of carbonyl (C=O) groups is 2. The van der Waals surface area contributed by atoms with Gasteiger partial charge in [0.1, 0.15) is 0 Å². The maximum absolute atomic E-state index is 12.5. The van der Waals surface area contributed by atoms with Gasteiger partial charge in [-0.1, -0.05) is 41.0 Å². The summed E-state index contributed by atoms with van der Waals surface area (Å²) < 4.78 is 1.82. The molecule has 0 fully saturated rings. The van der Waals surface area contributed by atoms with E-state index in [1.54, 1.807) is 54.6 Å². The third kappa shape index (κ3) is 6.35. The van der Waals surface area contributed by atoms with Crippen molar-refractivity contribution < 1.29 is 9.59 Å². The molecule has 7 nitrogen and oxygen atoms in total. The highest BCUT2D eigenvalue weighted by atomic mass is 35.5. The number of hydrogen-bond acceptors (Lipinski definition) is 5. The van der Waals surface area contributed by atoms with Gasteiger partial charge in [0.25, 0.3) is 5.91 Å². The highest BCUT2D eigenvalue weighted by molar-refractivity contribution is 7.99. The monoisotopic (exact) mass is 489 g/mol. The Morgan fingerprint density at radius 3 is 2.34 bits per heavy atom. The first kappa shape index (κ1) is 23.8. The van der Waals surface area contributed by atoms with E-state index in [4.69, 9.17) is 23.2 Å². The van der Waals surface area contributed by atoms with E-state index in [1.807, 2.05) is 11.5 Å². The van der Waals surface area contributed by atoms with E-state index in [0.29, 0.717) is 38.8 Å². The van der Waals surface area contributed by atoms with Crippen LogP contribution in [0, 0.1) is 0 Å². The van der Waals surface area contributed by atoms with E-state index in [-0.39, 0.29) is 17.6 Å². The van der Waals surface area contributed by atoms with Gasteiger partial charge in [0.05, 0.1) is 11.8 Å². The summed E-state index contributed by atoms with van der Waals surface area (Å²) in [6.45, 7) is 6.03. The Kier molecular flexibility index (Phi) is 8.33. The molecule has 0 spiro atoms. The minimum Gasteiger partial charge on any atom is -0.342 e. The van der Waals surface area contributed by atoms with Crippen molar-refractivity contribution in [3.8, 4) is 0 Å². The van der Waals surface area contributed by atoms with Crippen molar-refractivity contribution in [2.45, 2.75) is 24.7 Å². The summed E-state index contributed by atoms with van der Waals surface area (Å²) in [7, 11) is 0. The average Bonchev–Trinajstić information content (AvgIpc) is 3.17. The number of hydrogen-bond donors (Lipinski definition) is 2. The van der Waals surface area contributed by atoms with Crippen LogP contribution in [0.15, 0.2) is 66.3 Å². The standard InChI is InChI=1S/C22H21Cl2N5O2S/c1-3-12-29-20(14(2)25-21(31)15-4-6-16(23)7-5-15)27-28-22(29)32-13-19(30)26-18-10-8-17(24)9-11-18/h3-11,14H,1,12-13H2,2H3,(H,25,31)(H,26,30)/t14-/m0/s1. The molecule has 2 N–H and O–H groups in total. The van der Waals surface area contributed by atoms with Crippen LogP contribution in [0.1, 0.15) is 29.1 Å². The Bertz CT molecular complexity index is 1100. The molecule has 2 amide bonds. The van der Waals surface area contributed by atoms with E-state index in [0.717, 1.165) is 0 Å². The molecule has 3 rings (SSSR count). The number of halogens is 2. The van der Waals surface area contributed by atoms with Crippen molar-refractivity contribution in [1.82, 2.24) is 20.1 Å². The van der Waals surface area contributed by atoms with Gasteiger partial charge in [-0.3, -0.25) is 9.59 Å². The van der Waals surface area contributed by atoms with Gasteiger partial charge in [0.2, 0.25) is 5.91 Å². The fourth-order valence-corrected chi connectivity index (χ4v) is 3.84. The number of nitrogens with one attached hydrogen (secondary N) is 2. The van der Waals surface area contributed by atoms with E-state index in [1.165, 1.54) is 11.8 Å². The SMILES string of the molecule is C=CCn1c(SCC(=O)Nc2ccc(Cl)cc2)nnc1[C@H](C)NC(=O)c1ccc(Cl)cc1. The Balaban J connectivity index is 1.65. The van der Waals surface area contributed by atoms with Crippen LogP contribution in [0.5, 0.6) is 0 Å². The van der Waals surface area contributed by atoms with Crippen LogP contribution in [0.25, 0.3) is 0 Å². The number of anilines is 1. The first-order chi connectivity index (χ1) is 15.4. The fraction of sp³-hybridized carbons (Fsp3) is 0.182. The molecule has 3 aromatic rings. The largest absolute Gasteiger partial charge is 0.342 e. The summed E-state index contributed by atoms with van der Waals surface area (Å²) in [5.74, 6) is 0.270. The maximum atomic E-state index is 12.5. The molecule has 0 unspecified atom stereocenters. The van der Waals surface area contributed by atoms with Crippen molar-refractivity contribution in [1.29, 1.82) is 0 Å². The van der Waals surface area contributed by atoms with Gasteiger partial charge in [-0.05, 0) is 55.5 Å². The average molecular weight is 490 g/mol. The zero-order chi connectivity index (χ0) is 23.1. The van der Waals surface area contributed by atoms with Crippen molar-refractivity contribution in [3.63, 3.8) is 0 Å². The summed E-state index contributed by atoms with van der Waals surface area (Å²) in [6, 6.07) is 13.1.